The van der Waals surface area contributed by atoms with Crippen LogP contribution >= 0.6 is 0 Å². The molecule has 0 atom stereocenters. The summed E-state index contributed by atoms with van der Waals surface area (Å²) < 4.78 is 35.7. The average Bonchev–Trinajstić information content (AvgIpc) is 2.49. The largest absolute Gasteiger partial charge is 0.486 e. The van der Waals surface area contributed by atoms with Crippen LogP contribution in [-0.4, -0.2) is 51.8 Å². The lowest BCUT2D eigenvalue weighted by molar-refractivity contribution is 0.169. The fourth-order valence-electron chi connectivity index (χ4n) is 2.44. The third-order valence-electron chi connectivity index (χ3n) is 3.55. The lowest BCUT2D eigenvalue weighted by Gasteiger charge is -2.21. The Morgan fingerprint density at radius 3 is 2.77 bits per heavy atom. The predicted octanol–water partition coefficient (Wildman–Crippen LogP) is 1.22. The molecule has 0 aliphatic carbocycles. The number of hydrogen-bond acceptors (Lipinski definition) is 5. The molecule has 0 spiro atoms. The fourth-order valence-corrected chi connectivity index (χ4v) is 3.36. The zero-order valence-electron chi connectivity index (χ0n) is 13.2. The number of benzene rings is 1. The van der Waals surface area contributed by atoms with E-state index in [1.807, 2.05) is 25.1 Å². The van der Waals surface area contributed by atoms with Gasteiger partial charge in [-0.3, -0.25) is 0 Å². The second-order valence-electron chi connectivity index (χ2n) is 5.23. The van der Waals surface area contributed by atoms with Gasteiger partial charge in [0.25, 0.3) is 0 Å². The van der Waals surface area contributed by atoms with Crippen molar-refractivity contribution in [2.24, 2.45) is 0 Å². The zero-order chi connectivity index (χ0) is 16.0. The molecule has 124 valence electrons. The van der Waals surface area contributed by atoms with Gasteiger partial charge in [-0.25, -0.2) is 12.7 Å². The van der Waals surface area contributed by atoms with Crippen molar-refractivity contribution in [3.63, 3.8) is 0 Å². The van der Waals surface area contributed by atoms with Crippen molar-refractivity contribution >= 4 is 10.0 Å². The van der Waals surface area contributed by atoms with E-state index in [9.17, 15) is 8.42 Å². The van der Waals surface area contributed by atoms with Crippen LogP contribution in [0.15, 0.2) is 18.2 Å². The SMILES string of the molecule is CCN(CCCNCc1cccc2c1OCCO2)S(C)(=O)=O. The second kappa shape index (κ2) is 7.80. The molecule has 0 saturated heterocycles. The minimum atomic E-state index is -3.10. The molecule has 6 nitrogen and oxygen atoms in total. The summed E-state index contributed by atoms with van der Waals surface area (Å²) in [5.74, 6) is 1.60. The van der Waals surface area contributed by atoms with Gasteiger partial charge in [0.15, 0.2) is 11.5 Å². The van der Waals surface area contributed by atoms with Gasteiger partial charge < -0.3 is 14.8 Å². The molecule has 0 radical (unpaired) electrons. The maximum absolute atomic E-state index is 11.5. The van der Waals surface area contributed by atoms with Crippen molar-refractivity contribution in [2.45, 2.75) is 19.9 Å². The molecule has 1 aromatic rings. The summed E-state index contributed by atoms with van der Waals surface area (Å²) in [6, 6.07) is 5.87. The van der Waals surface area contributed by atoms with E-state index in [1.165, 1.54) is 10.6 Å². The molecule has 0 saturated carbocycles. The van der Waals surface area contributed by atoms with Crippen LogP contribution in [0.4, 0.5) is 0 Å². The topological polar surface area (TPSA) is 67.9 Å². The second-order valence-corrected chi connectivity index (χ2v) is 7.21. The summed E-state index contributed by atoms with van der Waals surface area (Å²) in [7, 11) is -3.10. The molecule has 1 aliphatic heterocycles. The van der Waals surface area contributed by atoms with E-state index < -0.39 is 10.0 Å². The molecule has 0 unspecified atom stereocenters. The number of sulfonamides is 1. The van der Waals surface area contributed by atoms with Gasteiger partial charge in [-0.05, 0) is 19.0 Å². The molecular formula is C15H24N2O4S. The third kappa shape index (κ3) is 4.59. The molecule has 22 heavy (non-hydrogen) atoms. The number of nitrogens with zero attached hydrogens (tertiary/aromatic N) is 1. The molecule has 7 heteroatoms. The highest BCUT2D eigenvalue weighted by Crippen LogP contribution is 2.33. The van der Waals surface area contributed by atoms with Gasteiger partial charge in [-0.1, -0.05) is 19.1 Å². The lowest BCUT2D eigenvalue weighted by atomic mass is 10.1. The highest BCUT2D eigenvalue weighted by Gasteiger charge is 2.15. The van der Waals surface area contributed by atoms with Gasteiger partial charge in [-0.15, -0.1) is 0 Å². The maximum Gasteiger partial charge on any atom is 0.211 e. The Hall–Kier alpha value is -1.31. The Morgan fingerprint density at radius 1 is 1.27 bits per heavy atom. The molecule has 0 aromatic heterocycles. The Morgan fingerprint density at radius 2 is 2.05 bits per heavy atom. The monoisotopic (exact) mass is 328 g/mol. The summed E-state index contributed by atoms with van der Waals surface area (Å²) >= 11 is 0. The van der Waals surface area contributed by atoms with Crippen LogP contribution in [0.2, 0.25) is 0 Å². The first-order valence-corrected chi connectivity index (χ1v) is 9.40. The Kier molecular flexibility index (Phi) is 6.05. The van der Waals surface area contributed by atoms with E-state index >= 15 is 0 Å². The Bertz CT molecular complexity index is 589. The first-order chi connectivity index (χ1) is 10.5. The fraction of sp³-hybridized carbons (Fsp3) is 0.600. The molecular weight excluding hydrogens is 304 g/mol. The maximum atomic E-state index is 11.5. The van der Waals surface area contributed by atoms with E-state index in [1.54, 1.807) is 0 Å². The van der Waals surface area contributed by atoms with Crippen LogP contribution in [0.3, 0.4) is 0 Å². The van der Waals surface area contributed by atoms with Crippen LogP contribution in [0.5, 0.6) is 11.5 Å². The highest BCUT2D eigenvalue weighted by molar-refractivity contribution is 7.88. The van der Waals surface area contributed by atoms with E-state index in [0.29, 0.717) is 32.8 Å². The van der Waals surface area contributed by atoms with Crippen LogP contribution in [0.1, 0.15) is 18.9 Å². The lowest BCUT2D eigenvalue weighted by Crippen LogP contribution is -2.32. The predicted molar refractivity (Wildman–Crippen MR) is 85.8 cm³/mol. The standard InChI is InChI=1S/C15H24N2O4S/c1-3-17(22(2,18)19)9-5-8-16-12-13-6-4-7-14-15(13)21-11-10-20-14/h4,6-7,16H,3,5,8-12H2,1-2H3. The van der Waals surface area contributed by atoms with Crippen molar-refractivity contribution in [1.82, 2.24) is 9.62 Å². The molecule has 1 N–H and O–H groups in total. The summed E-state index contributed by atoms with van der Waals surface area (Å²) in [6.07, 6.45) is 2.02. The number of rotatable bonds is 8. The van der Waals surface area contributed by atoms with E-state index in [0.717, 1.165) is 30.0 Å². The molecule has 1 aromatic carbocycles. The molecule has 0 amide bonds. The van der Waals surface area contributed by atoms with E-state index in [2.05, 4.69) is 5.32 Å². The first kappa shape index (κ1) is 17.1. The van der Waals surface area contributed by atoms with E-state index in [4.69, 9.17) is 9.47 Å². The summed E-state index contributed by atoms with van der Waals surface area (Å²) in [6.45, 7) is 5.48. The van der Waals surface area contributed by atoms with Gasteiger partial charge >= 0.3 is 0 Å². The van der Waals surface area contributed by atoms with Crippen molar-refractivity contribution < 1.29 is 17.9 Å². The van der Waals surface area contributed by atoms with Crippen LogP contribution < -0.4 is 14.8 Å². The molecule has 0 fully saturated rings. The minimum Gasteiger partial charge on any atom is -0.486 e. The highest BCUT2D eigenvalue weighted by atomic mass is 32.2. The van der Waals surface area contributed by atoms with Crippen molar-refractivity contribution in [3.05, 3.63) is 23.8 Å². The van der Waals surface area contributed by atoms with Gasteiger partial charge in [0.05, 0.1) is 6.26 Å². The van der Waals surface area contributed by atoms with Crippen molar-refractivity contribution in [3.8, 4) is 11.5 Å². The number of nitrogens with one attached hydrogen (secondary N) is 1. The number of hydrogen-bond donors (Lipinski definition) is 1. The summed E-state index contributed by atoms with van der Waals surface area (Å²) in [5.41, 5.74) is 1.06. The smallest absolute Gasteiger partial charge is 0.211 e. The van der Waals surface area contributed by atoms with Gasteiger partial charge in [0, 0.05) is 25.2 Å². The average molecular weight is 328 g/mol. The number of ether oxygens (including phenoxy) is 2. The Labute approximate surface area is 132 Å². The third-order valence-corrected chi connectivity index (χ3v) is 4.92. The van der Waals surface area contributed by atoms with Gasteiger partial charge in [0.2, 0.25) is 10.0 Å². The van der Waals surface area contributed by atoms with Gasteiger partial charge in [-0.2, -0.15) is 0 Å². The van der Waals surface area contributed by atoms with Crippen LogP contribution in [0, 0.1) is 0 Å². The van der Waals surface area contributed by atoms with Crippen LogP contribution in [-0.2, 0) is 16.6 Å². The normalized spacial score (nSPS) is 14.3. The van der Waals surface area contributed by atoms with Crippen molar-refractivity contribution in [1.29, 1.82) is 0 Å². The van der Waals surface area contributed by atoms with Crippen molar-refractivity contribution in [2.75, 3.05) is 39.1 Å². The van der Waals surface area contributed by atoms with Crippen LogP contribution in [0.25, 0.3) is 0 Å². The zero-order valence-corrected chi connectivity index (χ0v) is 14.0. The summed E-state index contributed by atoms with van der Waals surface area (Å²) in [5, 5.41) is 3.33. The molecule has 1 heterocycles. The first-order valence-electron chi connectivity index (χ1n) is 7.55. The van der Waals surface area contributed by atoms with E-state index in [-0.39, 0.29) is 0 Å². The molecule has 1 aliphatic rings. The number of fused-ring (bicyclic) bond motifs is 1. The number of para-hydroxylation sites is 1. The Balaban J connectivity index is 1.78. The van der Waals surface area contributed by atoms with Gasteiger partial charge in [0.1, 0.15) is 13.2 Å². The minimum absolute atomic E-state index is 0.510. The molecule has 0 bridgehead atoms. The quantitative estimate of drug-likeness (QED) is 0.727. The summed E-state index contributed by atoms with van der Waals surface area (Å²) in [4.78, 5) is 0. The molecule has 2 rings (SSSR count).